The summed E-state index contributed by atoms with van der Waals surface area (Å²) >= 11 is 11.8. The summed E-state index contributed by atoms with van der Waals surface area (Å²) < 4.78 is 26.8. The van der Waals surface area contributed by atoms with Gasteiger partial charge in [-0.25, -0.2) is 8.42 Å². The zero-order chi connectivity index (χ0) is 16.3. The van der Waals surface area contributed by atoms with Crippen molar-refractivity contribution in [1.29, 1.82) is 0 Å². The van der Waals surface area contributed by atoms with Gasteiger partial charge < -0.3 is 5.11 Å². The summed E-state index contributed by atoms with van der Waals surface area (Å²) in [4.78, 5) is 11.0. The fourth-order valence-electron chi connectivity index (χ4n) is 2.71. The maximum absolute atomic E-state index is 12.9. The van der Waals surface area contributed by atoms with E-state index in [0.29, 0.717) is 12.8 Å². The van der Waals surface area contributed by atoms with Crippen LogP contribution in [0.5, 0.6) is 0 Å². The zero-order valence-corrected chi connectivity index (χ0v) is 14.2. The smallest absolute Gasteiger partial charge is 0.318 e. The van der Waals surface area contributed by atoms with E-state index in [-0.39, 0.29) is 21.0 Å². The first kappa shape index (κ1) is 17.5. The molecule has 0 unspecified atom stereocenters. The van der Waals surface area contributed by atoms with E-state index in [0.717, 1.165) is 23.6 Å². The molecular formula is C14H17Cl2NO4S. The van der Waals surface area contributed by atoms with E-state index in [1.807, 2.05) is 0 Å². The van der Waals surface area contributed by atoms with Gasteiger partial charge in [0.2, 0.25) is 10.0 Å². The van der Waals surface area contributed by atoms with Crippen molar-refractivity contribution in [3.63, 3.8) is 0 Å². The number of aliphatic carboxylic acids is 1. The summed E-state index contributed by atoms with van der Waals surface area (Å²) in [5, 5.41) is 9.36. The Bertz CT molecular complexity index is 657. The molecule has 1 aromatic rings. The van der Waals surface area contributed by atoms with Crippen LogP contribution in [0.2, 0.25) is 10.0 Å². The number of carboxylic acid groups (broad SMARTS) is 1. The Balaban J connectivity index is 2.43. The van der Waals surface area contributed by atoms with Crippen molar-refractivity contribution in [3.8, 4) is 0 Å². The Labute approximate surface area is 139 Å². The standard InChI is InChI=1S/C14H17Cl2NO4S/c15-10-6-7-12(16)13(8-10)22(20,21)17(9-14(18)19)11-4-2-1-3-5-11/h6-8,11H,1-5,9H2,(H,18,19). The van der Waals surface area contributed by atoms with Gasteiger partial charge in [-0.1, -0.05) is 42.5 Å². The van der Waals surface area contributed by atoms with E-state index in [1.165, 1.54) is 18.2 Å². The molecule has 8 heteroatoms. The molecule has 0 bridgehead atoms. The normalized spacial score (nSPS) is 16.9. The third-order valence-corrected chi connectivity index (χ3v) is 6.37. The lowest BCUT2D eigenvalue weighted by Crippen LogP contribution is -2.44. The number of rotatable bonds is 5. The molecule has 0 aromatic heterocycles. The van der Waals surface area contributed by atoms with Crippen LogP contribution in [0.15, 0.2) is 23.1 Å². The molecule has 0 heterocycles. The van der Waals surface area contributed by atoms with Crippen molar-refractivity contribution < 1.29 is 18.3 Å². The fourth-order valence-corrected chi connectivity index (χ4v) is 5.09. The molecule has 0 amide bonds. The van der Waals surface area contributed by atoms with Crippen LogP contribution in [-0.2, 0) is 14.8 Å². The number of hydrogen-bond donors (Lipinski definition) is 1. The van der Waals surface area contributed by atoms with E-state index < -0.39 is 22.5 Å². The molecule has 122 valence electrons. The predicted molar refractivity (Wildman–Crippen MR) is 84.9 cm³/mol. The van der Waals surface area contributed by atoms with Gasteiger partial charge in [0.1, 0.15) is 11.4 Å². The minimum absolute atomic E-state index is 0.0376. The van der Waals surface area contributed by atoms with E-state index in [2.05, 4.69) is 0 Å². The second kappa shape index (κ2) is 7.17. The van der Waals surface area contributed by atoms with E-state index >= 15 is 0 Å². The highest BCUT2D eigenvalue weighted by atomic mass is 35.5. The Hall–Kier alpha value is -0.820. The van der Waals surface area contributed by atoms with Crippen molar-refractivity contribution in [1.82, 2.24) is 4.31 Å². The molecule has 1 aliphatic carbocycles. The summed E-state index contributed by atoms with van der Waals surface area (Å²) in [5.74, 6) is -1.19. The molecule has 0 radical (unpaired) electrons. The highest BCUT2D eigenvalue weighted by Gasteiger charge is 2.35. The molecular weight excluding hydrogens is 349 g/mol. The molecule has 1 fully saturated rings. The molecule has 1 N–H and O–H groups in total. The summed E-state index contributed by atoms with van der Waals surface area (Å²) in [6, 6.07) is 3.84. The number of benzene rings is 1. The van der Waals surface area contributed by atoms with Crippen LogP contribution in [0.3, 0.4) is 0 Å². The molecule has 22 heavy (non-hydrogen) atoms. The monoisotopic (exact) mass is 365 g/mol. The number of carbonyl (C=O) groups is 1. The zero-order valence-electron chi connectivity index (χ0n) is 11.8. The fraction of sp³-hybridized carbons (Fsp3) is 0.500. The maximum Gasteiger partial charge on any atom is 0.318 e. The third-order valence-electron chi connectivity index (χ3n) is 3.75. The first-order valence-electron chi connectivity index (χ1n) is 7.01. The van der Waals surface area contributed by atoms with Crippen LogP contribution < -0.4 is 0 Å². The van der Waals surface area contributed by atoms with Crippen LogP contribution in [0.4, 0.5) is 0 Å². The first-order valence-corrected chi connectivity index (χ1v) is 9.20. The van der Waals surface area contributed by atoms with E-state index in [9.17, 15) is 13.2 Å². The van der Waals surface area contributed by atoms with Gasteiger partial charge >= 0.3 is 5.97 Å². The average Bonchev–Trinajstić information content (AvgIpc) is 2.47. The maximum atomic E-state index is 12.9. The number of hydrogen-bond acceptors (Lipinski definition) is 3. The summed E-state index contributed by atoms with van der Waals surface area (Å²) in [6.07, 6.45) is 4.13. The van der Waals surface area contributed by atoms with E-state index in [4.69, 9.17) is 28.3 Å². The Kier molecular flexibility index (Phi) is 5.71. The van der Waals surface area contributed by atoms with Gasteiger partial charge in [-0.15, -0.1) is 0 Å². The molecule has 1 saturated carbocycles. The van der Waals surface area contributed by atoms with Crippen LogP contribution in [0.1, 0.15) is 32.1 Å². The van der Waals surface area contributed by atoms with Crippen LogP contribution >= 0.6 is 23.2 Å². The van der Waals surface area contributed by atoms with Crippen LogP contribution in [0.25, 0.3) is 0 Å². The third kappa shape index (κ3) is 3.93. The molecule has 0 atom stereocenters. The minimum atomic E-state index is -4.01. The quantitative estimate of drug-likeness (QED) is 0.867. The van der Waals surface area contributed by atoms with Crippen LogP contribution in [-0.4, -0.2) is 36.4 Å². The molecule has 5 nitrogen and oxygen atoms in total. The molecule has 1 aliphatic rings. The lowest BCUT2D eigenvalue weighted by molar-refractivity contribution is -0.137. The second-order valence-corrected chi connectivity index (χ2v) is 8.01. The van der Waals surface area contributed by atoms with Crippen molar-refractivity contribution in [3.05, 3.63) is 28.2 Å². The lowest BCUT2D eigenvalue weighted by Gasteiger charge is -2.32. The van der Waals surface area contributed by atoms with Crippen molar-refractivity contribution >= 4 is 39.2 Å². The largest absolute Gasteiger partial charge is 0.480 e. The van der Waals surface area contributed by atoms with Gasteiger partial charge in [0.25, 0.3) is 0 Å². The topological polar surface area (TPSA) is 74.7 Å². The number of sulfonamides is 1. The highest BCUT2D eigenvalue weighted by Crippen LogP contribution is 2.32. The van der Waals surface area contributed by atoms with Crippen molar-refractivity contribution in [2.24, 2.45) is 0 Å². The van der Waals surface area contributed by atoms with Gasteiger partial charge in [-0.05, 0) is 31.0 Å². The SMILES string of the molecule is O=C(O)CN(C1CCCCC1)S(=O)(=O)c1cc(Cl)ccc1Cl. The average molecular weight is 366 g/mol. The molecule has 0 spiro atoms. The van der Waals surface area contributed by atoms with Gasteiger partial charge in [0, 0.05) is 11.1 Å². The molecule has 0 aliphatic heterocycles. The predicted octanol–water partition coefficient (Wildman–Crippen LogP) is 3.40. The Morgan fingerprint density at radius 2 is 1.86 bits per heavy atom. The van der Waals surface area contributed by atoms with Gasteiger partial charge in [-0.2, -0.15) is 4.31 Å². The molecule has 1 aromatic carbocycles. The van der Waals surface area contributed by atoms with Gasteiger partial charge in [0.05, 0.1) is 5.02 Å². The molecule has 0 saturated heterocycles. The summed E-state index contributed by atoms with van der Waals surface area (Å²) in [6.45, 7) is -0.574. The summed E-state index contributed by atoms with van der Waals surface area (Å²) in [5.41, 5.74) is 0. The Morgan fingerprint density at radius 3 is 2.45 bits per heavy atom. The number of halogens is 2. The van der Waals surface area contributed by atoms with Crippen molar-refractivity contribution in [2.45, 2.75) is 43.0 Å². The second-order valence-electron chi connectivity index (χ2n) is 5.31. The van der Waals surface area contributed by atoms with Crippen molar-refractivity contribution in [2.75, 3.05) is 6.54 Å². The van der Waals surface area contributed by atoms with Gasteiger partial charge in [-0.3, -0.25) is 4.79 Å². The highest BCUT2D eigenvalue weighted by molar-refractivity contribution is 7.89. The minimum Gasteiger partial charge on any atom is -0.480 e. The van der Waals surface area contributed by atoms with Gasteiger partial charge in [0.15, 0.2) is 0 Å². The lowest BCUT2D eigenvalue weighted by atomic mass is 9.95. The number of nitrogens with zero attached hydrogens (tertiary/aromatic N) is 1. The van der Waals surface area contributed by atoms with E-state index in [1.54, 1.807) is 0 Å². The number of carboxylic acids is 1. The van der Waals surface area contributed by atoms with Crippen LogP contribution in [0, 0.1) is 0 Å². The molecule has 2 rings (SSSR count). The summed E-state index contributed by atoms with van der Waals surface area (Å²) in [7, 11) is -4.01. The first-order chi connectivity index (χ1) is 10.3. The Morgan fingerprint density at radius 1 is 1.23 bits per heavy atom.